The lowest BCUT2D eigenvalue weighted by atomic mass is 9.88. The van der Waals surface area contributed by atoms with Crippen LogP contribution in [0, 0.1) is 16.2 Å². The van der Waals surface area contributed by atoms with Crippen LogP contribution < -0.4 is 21.3 Å². The molecule has 106 heavy (non-hydrogen) atoms. The highest BCUT2D eigenvalue weighted by molar-refractivity contribution is 7.58. The summed E-state index contributed by atoms with van der Waals surface area (Å²) < 4.78 is 126. The number of Topliss-reactive ketones (excluding diaryl/α,β-unsaturated/α-hetero) is 2. The van der Waals surface area contributed by atoms with Gasteiger partial charge in [0.25, 0.3) is 0 Å². The number of nitrogens with one attached hydrogen (secondary N) is 5. The average Bonchev–Trinajstić information content (AvgIpc) is 0.971. The van der Waals surface area contributed by atoms with Gasteiger partial charge in [-0.05, 0) is 137 Å². The second-order valence-corrected chi connectivity index (χ2v) is 43.3. The summed E-state index contributed by atoms with van der Waals surface area (Å²) in [6, 6.07) is 0. The SMILES string of the molecule is CC(C)(C)C(=O)CCCP(=O)(O)O.CC(C)(C)NC(=O)OCCP(=O)(O)O.CC(C)(C)NC(=O)OCCc1nn[nH]n1.CCOP(=O)(CCCC(=O)C(C)(C)C)OCC.CCOP(C)(=O)CCOC(=O)NC(C)(C)C.COP(=O)(CCOC(=O)C(C)(C)C)OC.COP(=O)(CCOC(=O)NC(C)(C)C)OC. The Morgan fingerprint density at radius 1 is 0.396 bits per heavy atom. The van der Waals surface area contributed by atoms with E-state index in [-0.39, 0.29) is 110 Å². The van der Waals surface area contributed by atoms with Crippen LogP contribution in [-0.4, -0.2) is 229 Å². The number of hydrogen-bond donors (Lipinski definition) is 9. The molecule has 0 aliphatic heterocycles. The van der Waals surface area contributed by atoms with Gasteiger partial charge in [0.2, 0.25) is 7.37 Å². The molecule has 43 heteroatoms. The number of nitrogens with zero attached hydrogens (tertiary/aromatic N) is 3. The topological polar surface area (TPSA) is 516 Å². The predicted molar refractivity (Wildman–Crippen MR) is 405 cm³/mol. The number of carbonyl (C=O) groups is 7. The molecule has 1 unspecified atom stereocenters. The lowest BCUT2D eigenvalue weighted by Gasteiger charge is -2.20. The average molecular weight is 1650 g/mol. The Labute approximate surface area is 629 Å². The number of hydrogen-bond acceptors (Lipinski definition) is 28. The Bertz CT molecular complexity index is 2930. The fourth-order valence-electron chi connectivity index (χ4n) is 6.21. The summed E-state index contributed by atoms with van der Waals surface area (Å²) in [5.74, 6) is 0.415. The first-order valence-corrected chi connectivity index (χ1v) is 45.0. The molecule has 9 N–H and O–H groups in total. The number of carbonyl (C=O) groups excluding carboxylic acids is 7. The monoisotopic (exact) mass is 1650 g/mol. The van der Waals surface area contributed by atoms with Gasteiger partial charge in [0, 0.05) is 87.4 Å². The Balaban J connectivity index is -0.000000276. The molecule has 37 nitrogen and oxygen atoms in total. The van der Waals surface area contributed by atoms with E-state index in [1.807, 2.05) is 83.1 Å². The molecular formula is C63H134N8O29P6. The molecule has 1 aromatic heterocycles. The van der Waals surface area contributed by atoms with Gasteiger partial charge in [-0.2, -0.15) is 5.21 Å². The van der Waals surface area contributed by atoms with Crippen molar-refractivity contribution in [3.8, 4) is 0 Å². The van der Waals surface area contributed by atoms with E-state index < -0.39 is 92.3 Å². The molecule has 0 aromatic carbocycles. The third-order valence-corrected chi connectivity index (χ3v) is 20.9. The molecule has 0 aliphatic rings. The summed E-state index contributed by atoms with van der Waals surface area (Å²) >= 11 is 0. The Morgan fingerprint density at radius 3 is 0.972 bits per heavy atom. The van der Waals surface area contributed by atoms with Gasteiger partial charge in [-0.3, -0.25) is 41.8 Å². The van der Waals surface area contributed by atoms with Crippen LogP contribution in [0.3, 0.4) is 0 Å². The van der Waals surface area contributed by atoms with Crippen molar-refractivity contribution in [2.45, 2.75) is 220 Å². The van der Waals surface area contributed by atoms with Crippen LogP contribution in [0.15, 0.2) is 0 Å². The van der Waals surface area contributed by atoms with E-state index in [0.29, 0.717) is 51.1 Å². The van der Waals surface area contributed by atoms with Gasteiger partial charge < -0.3 is 96.2 Å². The number of amides is 4. The maximum atomic E-state index is 12.1. The van der Waals surface area contributed by atoms with Crippen molar-refractivity contribution in [3.05, 3.63) is 5.82 Å². The zero-order valence-electron chi connectivity index (χ0n) is 68.5. The molecule has 0 saturated carbocycles. The second kappa shape index (κ2) is 53.7. The van der Waals surface area contributed by atoms with E-state index in [1.54, 1.807) is 89.7 Å². The minimum atomic E-state index is -4.08. The summed E-state index contributed by atoms with van der Waals surface area (Å²) in [5, 5.41) is 23.6. The number of ketones is 2. The molecule has 0 aliphatic carbocycles. The number of aromatic amines is 1. The maximum absolute atomic E-state index is 12.1. The van der Waals surface area contributed by atoms with Gasteiger partial charge >= 0.3 is 68.3 Å². The summed E-state index contributed by atoms with van der Waals surface area (Å²) in [6.07, 6.45) is -0.204. The summed E-state index contributed by atoms with van der Waals surface area (Å²) in [6.45, 7) is 46.5. The molecule has 0 fully saturated rings. The van der Waals surface area contributed by atoms with E-state index in [0.717, 1.165) is 0 Å². The zero-order chi connectivity index (χ0) is 84.7. The van der Waals surface area contributed by atoms with Crippen molar-refractivity contribution in [3.63, 3.8) is 0 Å². The number of esters is 1. The fraction of sp³-hybridized carbons (Fsp3) is 0.873. The lowest BCUT2D eigenvalue weighted by molar-refractivity contribution is -0.152. The van der Waals surface area contributed by atoms with Gasteiger partial charge in [0.1, 0.15) is 44.6 Å². The van der Waals surface area contributed by atoms with Gasteiger partial charge in [0.05, 0.1) is 62.2 Å². The molecule has 0 radical (unpaired) electrons. The number of ether oxygens (including phenoxy) is 5. The quantitative estimate of drug-likeness (QED) is 0.0179. The first-order valence-electron chi connectivity index (χ1n) is 33.9. The molecule has 630 valence electrons. The standard InChI is InChI=1S/C12H25O4P.C10H22NO4P.C9H20NO5P.C9H19O5P.C8H15N5O2.C8H17O4P.C7H16NO5P/c1-6-15-17(14,16-7-2)10-8-9-11(13)12(3,4)5;1-6-15-16(5,13)8-7-14-9(12)11-10(2,3)4;1-9(2,3)10-8(11)15-6-7-16(12,13-4)14-5;1-9(2,3)8(10)14-6-7-15(11,12-4)13-5;1-8(2,3)9-7(14)15-5-4-6-10-12-13-11-6;1-8(2,3)7(9)5-4-6-13(10,11)12;1-7(2,3)8-6(9)13-4-5-14(10,11)12/h6-10H2,1-5H3;6-8H2,1-5H3,(H,11,12);6-7H2,1-5H3,(H,10,11);6-7H2,1-5H3;4-5H2,1-3H3,(H,9,14)(H,10,11,12,13);4-6H2,1-3H3,(H2,10,11,12);4-5H2,1-3H3,(H,8,9)(H2,10,11,12). The highest BCUT2D eigenvalue weighted by Crippen LogP contribution is 2.49. The molecule has 1 aromatic rings. The van der Waals surface area contributed by atoms with Gasteiger partial charge in [-0.1, -0.05) is 46.8 Å². The van der Waals surface area contributed by atoms with Crippen LogP contribution in [0.2, 0.25) is 0 Å². The number of aromatic nitrogens is 4. The van der Waals surface area contributed by atoms with Crippen LogP contribution in [0.5, 0.6) is 0 Å². The van der Waals surface area contributed by atoms with Gasteiger partial charge in [0.15, 0.2) is 5.82 Å². The van der Waals surface area contributed by atoms with Crippen LogP contribution in [0.1, 0.15) is 198 Å². The molecule has 4 amide bonds. The van der Waals surface area contributed by atoms with Crippen molar-refractivity contribution in [1.82, 2.24) is 41.9 Å². The van der Waals surface area contributed by atoms with Gasteiger partial charge in [-0.25, -0.2) is 19.2 Å². The largest absolute Gasteiger partial charge is 0.465 e. The number of tetrazole rings is 1. The second-order valence-electron chi connectivity index (χ2n) is 30.1. The number of alkyl carbamates (subject to hydrolysis) is 4. The van der Waals surface area contributed by atoms with E-state index >= 15 is 0 Å². The molecule has 0 saturated heterocycles. The van der Waals surface area contributed by atoms with E-state index in [4.69, 9.17) is 70.2 Å². The smallest absolute Gasteiger partial charge is 0.407 e. The van der Waals surface area contributed by atoms with Crippen LogP contribution >= 0.6 is 45.3 Å². The molecule has 1 rings (SSSR count). The first-order chi connectivity index (χ1) is 47.6. The minimum Gasteiger partial charge on any atom is -0.465 e. The predicted octanol–water partition coefficient (Wildman–Crippen LogP) is 12.7. The molecule has 0 spiro atoms. The third-order valence-electron chi connectivity index (χ3n) is 11.5. The Morgan fingerprint density at radius 2 is 0.698 bits per heavy atom. The summed E-state index contributed by atoms with van der Waals surface area (Å²) in [5.41, 5.74) is -2.68. The Kier molecular flexibility index (Phi) is 57.2. The Hall–Kier alpha value is -4.10. The van der Waals surface area contributed by atoms with Crippen molar-refractivity contribution in [2.75, 3.05) is 125 Å². The highest BCUT2D eigenvalue weighted by Gasteiger charge is 2.29. The lowest BCUT2D eigenvalue weighted by Crippen LogP contribution is -2.41. The van der Waals surface area contributed by atoms with Crippen molar-refractivity contribution < 1.29 is 136 Å². The number of H-pyrrole nitrogens is 1. The molecule has 1 heterocycles. The van der Waals surface area contributed by atoms with Crippen molar-refractivity contribution in [2.24, 2.45) is 16.2 Å². The van der Waals surface area contributed by atoms with Gasteiger partial charge in [-0.15, -0.1) is 10.2 Å². The van der Waals surface area contributed by atoms with E-state index in [9.17, 15) is 61.0 Å². The van der Waals surface area contributed by atoms with Crippen molar-refractivity contribution >= 4 is 87.3 Å². The summed E-state index contributed by atoms with van der Waals surface area (Å²) in [7, 11) is -14.6. The normalized spacial score (nSPS) is 12.8. The van der Waals surface area contributed by atoms with Crippen LogP contribution in [0.4, 0.5) is 19.2 Å². The van der Waals surface area contributed by atoms with Crippen molar-refractivity contribution in [1.29, 1.82) is 0 Å². The molecular weight excluding hydrogens is 1520 g/mol. The fourth-order valence-corrected chi connectivity index (χ4v) is 11.5. The molecule has 0 bridgehead atoms. The van der Waals surface area contributed by atoms with Crippen LogP contribution in [-0.2, 0) is 104 Å². The van der Waals surface area contributed by atoms with Crippen LogP contribution in [0.25, 0.3) is 0 Å². The van der Waals surface area contributed by atoms with E-state index in [2.05, 4.69) is 46.6 Å². The highest BCUT2D eigenvalue weighted by atomic mass is 31.2. The minimum absolute atomic E-state index is 0.0130. The summed E-state index contributed by atoms with van der Waals surface area (Å²) in [4.78, 5) is 113. The molecule has 1 atom stereocenters. The van der Waals surface area contributed by atoms with E-state index in [1.165, 1.54) is 28.4 Å². The first kappa shape index (κ1) is 113. The third kappa shape index (κ3) is 76.7. The maximum Gasteiger partial charge on any atom is 0.407 e. The zero-order valence-corrected chi connectivity index (χ0v) is 73.8. The number of rotatable bonds is 33.